The Morgan fingerprint density at radius 3 is 2.25 bits per heavy atom. The number of aliphatic imine (C=N–C) groups is 1. The van der Waals surface area contributed by atoms with E-state index in [0.29, 0.717) is 0 Å². The average Bonchev–Trinajstić information content (AvgIpc) is 1.65. The van der Waals surface area contributed by atoms with Gasteiger partial charge in [0.25, 0.3) is 5.91 Å². The number of amides is 2. The van der Waals surface area contributed by atoms with Gasteiger partial charge in [-0.2, -0.15) is 0 Å². The number of nitrogens with zero attached hydrogens (tertiary/aromatic N) is 1. The normalized spacial score (nSPS) is 8.00. The molecule has 0 aliphatic rings. The smallest absolute Gasteiger partial charge is 0.254 e. The van der Waals surface area contributed by atoms with Crippen LogP contribution in [0.3, 0.4) is 0 Å². The summed E-state index contributed by atoms with van der Waals surface area (Å²) in [4.78, 5) is 22.9. The van der Waals surface area contributed by atoms with Gasteiger partial charge in [-0.05, 0) is 6.72 Å². The molecule has 0 aromatic carbocycles. The molecule has 0 fully saturated rings. The van der Waals surface area contributed by atoms with E-state index in [1.807, 2.05) is 0 Å². The maximum Gasteiger partial charge on any atom is 0.254 e. The summed E-state index contributed by atoms with van der Waals surface area (Å²) >= 11 is 0. The molecule has 0 saturated heterocycles. The van der Waals surface area contributed by atoms with E-state index in [-0.39, 0.29) is 6.42 Å². The van der Waals surface area contributed by atoms with Crippen molar-refractivity contribution in [1.82, 2.24) is 0 Å². The van der Waals surface area contributed by atoms with Gasteiger partial charge in [0.2, 0.25) is 5.91 Å². The zero-order chi connectivity index (χ0) is 6.57. The summed E-state index contributed by atoms with van der Waals surface area (Å²) < 4.78 is 0. The molecule has 44 valence electrons. The Hall–Kier alpha value is -1.19. The van der Waals surface area contributed by atoms with Gasteiger partial charge in [-0.1, -0.05) is 0 Å². The average molecular weight is 114 g/mol. The van der Waals surface area contributed by atoms with E-state index in [1.165, 1.54) is 0 Å². The Balaban J connectivity index is 3.55. The predicted molar refractivity (Wildman–Crippen MR) is 28.4 cm³/mol. The minimum atomic E-state index is -0.678. The van der Waals surface area contributed by atoms with Gasteiger partial charge in [-0.3, -0.25) is 9.59 Å². The van der Waals surface area contributed by atoms with Gasteiger partial charge in [-0.25, -0.2) is 4.99 Å². The Morgan fingerprint density at radius 2 is 2.12 bits per heavy atom. The molecule has 0 heterocycles. The zero-order valence-corrected chi connectivity index (χ0v) is 4.26. The third-order valence-electron chi connectivity index (χ3n) is 0.502. The van der Waals surface area contributed by atoms with E-state index in [2.05, 4.69) is 17.4 Å². The number of hydrogen-bond donors (Lipinski definition) is 1. The highest BCUT2D eigenvalue weighted by atomic mass is 16.2. The van der Waals surface area contributed by atoms with E-state index in [0.717, 1.165) is 0 Å². The molecule has 8 heavy (non-hydrogen) atoms. The summed E-state index contributed by atoms with van der Waals surface area (Å²) in [5.74, 6) is -1.26. The van der Waals surface area contributed by atoms with Crippen molar-refractivity contribution in [3.05, 3.63) is 0 Å². The van der Waals surface area contributed by atoms with Gasteiger partial charge in [-0.15, -0.1) is 0 Å². The Labute approximate surface area is 46.4 Å². The Morgan fingerprint density at radius 1 is 1.62 bits per heavy atom. The van der Waals surface area contributed by atoms with Crippen LogP contribution in [0.2, 0.25) is 0 Å². The van der Waals surface area contributed by atoms with E-state index in [4.69, 9.17) is 0 Å². The number of carbonyl (C=O) groups excluding carboxylic acids is 2. The second-order valence-electron chi connectivity index (χ2n) is 1.19. The van der Waals surface area contributed by atoms with Crippen molar-refractivity contribution in [3.63, 3.8) is 0 Å². The second kappa shape index (κ2) is 2.90. The van der Waals surface area contributed by atoms with Crippen LogP contribution >= 0.6 is 0 Å². The minimum Gasteiger partial charge on any atom is -0.369 e. The quantitative estimate of drug-likeness (QED) is 0.373. The molecule has 2 N–H and O–H groups in total. The van der Waals surface area contributed by atoms with E-state index < -0.39 is 11.8 Å². The molecular formula is C4H6N2O2. The molecule has 4 heteroatoms. The predicted octanol–water partition coefficient (Wildman–Crippen LogP) is -0.911. The number of carbonyl (C=O) groups is 2. The lowest BCUT2D eigenvalue weighted by Crippen LogP contribution is -2.14. The summed E-state index contributed by atoms with van der Waals surface area (Å²) in [6, 6.07) is 0. The van der Waals surface area contributed by atoms with Crippen molar-refractivity contribution in [3.8, 4) is 0 Å². The topological polar surface area (TPSA) is 72.5 Å². The third kappa shape index (κ3) is 3.02. The molecule has 2 amide bonds. The van der Waals surface area contributed by atoms with Crippen molar-refractivity contribution in [2.24, 2.45) is 10.7 Å². The molecule has 0 rings (SSSR count). The van der Waals surface area contributed by atoms with Crippen molar-refractivity contribution < 1.29 is 9.59 Å². The molecule has 0 spiro atoms. The first-order chi connectivity index (χ1) is 3.66. The standard InChI is InChI=1S/C4H6N2O2/c1-6-4(8)2-3(5)7/h1-2H2,(H2,5,7). The largest absolute Gasteiger partial charge is 0.369 e. The van der Waals surface area contributed by atoms with Crippen molar-refractivity contribution in [2.75, 3.05) is 0 Å². The summed E-state index contributed by atoms with van der Waals surface area (Å²) in [7, 11) is 0. The van der Waals surface area contributed by atoms with Gasteiger partial charge >= 0.3 is 0 Å². The van der Waals surface area contributed by atoms with Crippen molar-refractivity contribution in [1.29, 1.82) is 0 Å². The van der Waals surface area contributed by atoms with Gasteiger partial charge in [0.15, 0.2) is 0 Å². The second-order valence-corrected chi connectivity index (χ2v) is 1.19. The van der Waals surface area contributed by atoms with Gasteiger partial charge < -0.3 is 5.73 Å². The Bertz CT molecular complexity index is 130. The van der Waals surface area contributed by atoms with Crippen LogP contribution in [0.1, 0.15) is 6.42 Å². The van der Waals surface area contributed by atoms with Crippen molar-refractivity contribution in [2.45, 2.75) is 6.42 Å². The third-order valence-corrected chi connectivity index (χ3v) is 0.502. The fourth-order valence-electron chi connectivity index (χ4n) is 0.205. The van der Waals surface area contributed by atoms with Crippen LogP contribution in [-0.4, -0.2) is 18.5 Å². The summed E-state index contributed by atoms with van der Waals surface area (Å²) in [5.41, 5.74) is 4.62. The monoisotopic (exact) mass is 114 g/mol. The van der Waals surface area contributed by atoms with Gasteiger partial charge in [0.1, 0.15) is 6.42 Å². The van der Waals surface area contributed by atoms with Crippen LogP contribution in [0.4, 0.5) is 0 Å². The first kappa shape index (κ1) is 6.81. The highest BCUT2D eigenvalue weighted by molar-refractivity contribution is 5.97. The van der Waals surface area contributed by atoms with E-state index >= 15 is 0 Å². The highest BCUT2D eigenvalue weighted by Crippen LogP contribution is 1.78. The molecule has 0 aliphatic heterocycles. The molecule has 0 aromatic heterocycles. The maximum absolute atomic E-state index is 10.1. The molecule has 0 radical (unpaired) electrons. The molecule has 0 aromatic rings. The van der Waals surface area contributed by atoms with E-state index in [1.54, 1.807) is 0 Å². The number of hydrogen-bond acceptors (Lipinski definition) is 2. The lowest BCUT2D eigenvalue weighted by atomic mass is 10.4. The molecule has 0 saturated carbocycles. The highest BCUT2D eigenvalue weighted by Gasteiger charge is 1.99. The lowest BCUT2D eigenvalue weighted by Gasteiger charge is -1.83. The number of nitrogens with two attached hydrogens (primary N) is 1. The number of primary amides is 1. The van der Waals surface area contributed by atoms with Crippen molar-refractivity contribution >= 4 is 18.5 Å². The maximum atomic E-state index is 10.1. The number of rotatable bonds is 2. The molecular weight excluding hydrogens is 108 g/mol. The minimum absolute atomic E-state index is 0.344. The zero-order valence-electron chi connectivity index (χ0n) is 4.26. The Kier molecular flexibility index (Phi) is 2.47. The van der Waals surface area contributed by atoms with Crippen LogP contribution in [0.5, 0.6) is 0 Å². The van der Waals surface area contributed by atoms with Crippen LogP contribution in [0, 0.1) is 0 Å². The summed E-state index contributed by atoms with van der Waals surface area (Å²) in [6.45, 7) is 2.91. The van der Waals surface area contributed by atoms with Crippen LogP contribution in [0.15, 0.2) is 4.99 Å². The first-order valence-corrected chi connectivity index (χ1v) is 1.94. The first-order valence-electron chi connectivity index (χ1n) is 1.94. The molecule has 4 nitrogen and oxygen atoms in total. The molecule has 0 bridgehead atoms. The van der Waals surface area contributed by atoms with Crippen LogP contribution in [-0.2, 0) is 9.59 Å². The molecule has 0 atom stereocenters. The SMILES string of the molecule is C=NC(=O)CC(N)=O. The summed E-state index contributed by atoms with van der Waals surface area (Å²) in [5, 5.41) is 0. The molecule has 0 unspecified atom stereocenters. The fourth-order valence-corrected chi connectivity index (χ4v) is 0.205. The lowest BCUT2D eigenvalue weighted by molar-refractivity contribution is -0.125. The van der Waals surface area contributed by atoms with Gasteiger partial charge in [0.05, 0.1) is 0 Å². The summed E-state index contributed by atoms with van der Waals surface area (Å²) in [6.07, 6.45) is -0.344. The molecule has 0 aliphatic carbocycles. The fraction of sp³-hybridized carbons (Fsp3) is 0.250. The van der Waals surface area contributed by atoms with Crippen LogP contribution in [0.25, 0.3) is 0 Å². The van der Waals surface area contributed by atoms with Gasteiger partial charge in [0, 0.05) is 0 Å². The van der Waals surface area contributed by atoms with Crippen LogP contribution < -0.4 is 5.73 Å². The van der Waals surface area contributed by atoms with E-state index in [9.17, 15) is 9.59 Å².